The number of methoxy groups -OCH3 is 1. The summed E-state index contributed by atoms with van der Waals surface area (Å²) in [5, 5.41) is 0. The molecule has 0 amide bonds. The lowest BCUT2D eigenvalue weighted by molar-refractivity contribution is 0.417. The van der Waals surface area contributed by atoms with Crippen LogP contribution in [0.5, 0.6) is 5.75 Å². The topological polar surface area (TPSA) is 73.9 Å². The molecular formula is C14H12N4O. The van der Waals surface area contributed by atoms with Crippen molar-refractivity contribution >= 4 is 16.9 Å². The quantitative estimate of drug-likeness (QED) is 0.757. The lowest BCUT2D eigenvalue weighted by Crippen LogP contribution is -1.98. The Bertz CT molecular complexity index is 728. The molecule has 2 heterocycles. The van der Waals surface area contributed by atoms with Crippen LogP contribution in [-0.2, 0) is 0 Å². The fraction of sp³-hybridized carbons (Fsp3) is 0.0714. The van der Waals surface area contributed by atoms with Crippen LogP contribution in [0, 0.1) is 0 Å². The first kappa shape index (κ1) is 11.4. The van der Waals surface area contributed by atoms with Crippen molar-refractivity contribution in [3.05, 3.63) is 42.7 Å². The Hall–Kier alpha value is -2.69. The van der Waals surface area contributed by atoms with Crippen molar-refractivity contribution in [2.24, 2.45) is 0 Å². The predicted molar refractivity (Wildman–Crippen MR) is 73.7 cm³/mol. The number of anilines is 1. The molecule has 2 aromatic heterocycles. The third kappa shape index (κ3) is 1.95. The zero-order valence-electron chi connectivity index (χ0n) is 10.4. The van der Waals surface area contributed by atoms with Gasteiger partial charge in [-0.1, -0.05) is 30.3 Å². The lowest BCUT2D eigenvalue weighted by atomic mass is 10.1. The Labute approximate surface area is 110 Å². The van der Waals surface area contributed by atoms with Crippen molar-refractivity contribution in [1.82, 2.24) is 15.0 Å². The van der Waals surface area contributed by atoms with Crippen LogP contribution < -0.4 is 10.5 Å². The summed E-state index contributed by atoms with van der Waals surface area (Å²) >= 11 is 0. The van der Waals surface area contributed by atoms with E-state index in [1.165, 1.54) is 6.20 Å². The zero-order valence-corrected chi connectivity index (χ0v) is 10.4. The summed E-state index contributed by atoms with van der Waals surface area (Å²) in [6, 6.07) is 9.83. The molecule has 19 heavy (non-hydrogen) atoms. The number of aromatic nitrogens is 3. The molecule has 0 fully saturated rings. The third-order valence-corrected chi connectivity index (χ3v) is 2.83. The van der Waals surface area contributed by atoms with Crippen molar-refractivity contribution in [2.75, 3.05) is 12.8 Å². The number of nitrogens with zero attached hydrogens (tertiary/aromatic N) is 3. The maximum Gasteiger partial charge on any atom is 0.165 e. The molecule has 0 unspecified atom stereocenters. The number of benzene rings is 1. The van der Waals surface area contributed by atoms with Gasteiger partial charge in [-0.2, -0.15) is 0 Å². The Morgan fingerprint density at radius 1 is 1.00 bits per heavy atom. The maximum absolute atomic E-state index is 5.69. The number of hydrogen-bond acceptors (Lipinski definition) is 5. The van der Waals surface area contributed by atoms with E-state index in [0.29, 0.717) is 22.6 Å². The third-order valence-electron chi connectivity index (χ3n) is 2.83. The van der Waals surface area contributed by atoms with Crippen LogP contribution in [0.4, 0.5) is 5.82 Å². The van der Waals surface area contributed by atoms with Gasteiger partial charge in [-0.15, -0.1) is 0 Å². The SMILES string of the molecule is COc1cnc(-c2ccccc2)c2ncc(N)nc12. The molecule has 0 radical (unpaired) electrons. The Morgan fingerprint density at radius 2 is 1.79 bits per heavy atom. The average Bonchev–Trinajstić information content (AvgIpc) is 2.47. The number of rotatable bonds is 2. The van der Waals surface area contributed by atoms with Crippen LogP contribution in [0.1, 0.15) is 0 Å². The molecule has 0 saturated heterocycles. The highest BCUT2D eigenvalue weighted by Gasteiger charge is 2.12. The molecule has 3 rings (SSSR count). The molecule has 94 valence electrons. The fourth-order valence-electron chi connectivity index (χ4n) is 1.95. The van der Waals surface area contributed by atoms with Gasteiger partial charge in [-0.25, -0.2) is 15.0 Å². The molecule has 5 heteroatoms. The summed E-state index contributed by atoms with van der Waals surface area (Å²) in [7, 11) is 1.57. The molecule has 1 aromatic carbocycles. The maximum atomic E-state index is 5.69. The van der Waals surface area contributed by atoms with Gasteiger partial charge in [-0.05, 0) is 0 Å². The zero-order chi connectivity index (χ0) is 13.2. The first-order valence-electron chi connectivity index (χ1n) is 5.80. The molecule has 2 N–H and O–H groups in total. The molecule has 0 atom stereocenters. The second kappa shape index (κ2) is 4.53. The van der Waals surface area contributed by atoms with Crippen LogP contribution in [0.3, 0.4) is 0 Å². The van der Waals surface area contributed by atoms with Crippen LogP contribution in [0.15, 0.2) is 42.7 Å². The molecule has 3 aromatic rings. The number of pyridine rings is 1. The summed E-state index contributed by atoms with van der Waals surface area (Å²) in [6.45, 7) is 0. The smallest absolute Gasteiger partial charge is 0.165 e. The van der Waals surface area contributed by atoms with Gasteiger partial charge in [0.1, 0.15) is 16.9 Å². The minimum absolute atomic E-state index is 0.357. The second-order valence-corrected chi connectivity index (χ2v) is 4.03. The van der Waals surface area contributed by atoms with Gasteiger partial charge in [0, 0.05) is 5.56 Å². The minimum atomic E-state index is 0.357. The van der Waals surface area contributed by atoms with Gasteiger partial charge in [0.05, 0.1) is 25.2 Å². The number of fused-ring (bicyclic) bond motifs is 1. The van der Waals surface area contributed by atoms with Gasteiger partial charge in [0.25, 0.3) is 0 Å². The number of ether oxygens (including phenoxy) is 1. The predicted octanol–water partition coefficient (Wildman–Crippen LogP) is 2.28. The summed E-state index contributed by atoms with van der Waals surface area (Å²) < 4.78 is 5.25. The molecule has 0 aliphatic rings. The highest BCUT2D eigenvalue weighted by atomic mass is 16.5. The van der Waals surface area contributed by atoms with Crippen molar-refractivity contribution in [2.45, 2.75) is 0 Å². The van der Waals surface area contributed by atoms with Crippen molar-refractivity contribution in [3.8, 4) is 17.0 Å². The highest BCUT2D eigenvalue weighted by molar-refractivity contribution is 5.92. The number of nitrogen functional groups attached to an aromatic ring is 1. The second-order valence-electron chi connectivity index (χ2n) is 4.03. The van der Waals surface area contributed by atoms with Gasteiger partial charge in [0.2, 0.25) is 0 Å². The van der Waals surface area contributed by atoms with E-state index in [4.69, 9.17) is 10.5 Å². The van der Waals surface area contributed by atoms with E-state index in [1.807, 2.05) is 30.3 Å². The molecule has 0 spiro atoms. The molecular weight excluding hydrogens is 240 g/mol. The average molecular weight is 252 g/mol. The Kier molecular flexibility index (Phi) is 2.72. The first-order valence-corrected chi connectivity index (χ1v) is 5.80. The first-order chi connectivity index (χ1) is 9.29. The van der Waals surface area contributed by atoms with Gasteiger partial charge < -0.3 is 10.5 Å². The van der Waals surface area contributed by atoms with E-state index in [0.717, 1.165) is 11.3 Å². The highest BCUT2D eigenvalue weighted by Crippen LogP contribution is 2.29. The van der Waals surface area contributed by atoms with Crippen LogP contribution in [0.2, 0.25) is 0 Å². The Balaban J connectivity index is 2.33. The van der Waals surface area contributed by atoms with Crippen molar-refractivity contribution in [1.29, 1.82) is 0 Å². The van der Waals surface area contributed by atoms with E-state index in [2.05, 4.69) is 15.0 Å². The summed E-state index contributed by atoms with van der Waals surface area (Å²) in [4.78, 5) is 13.0. The van der Waals surface area contributed by atoms with Gasteiger partial charge in [0.15, 0.2) is 5.75 Å². The fourth-order valence-corrected chi connectivity index (χ4v) is 1.95. The van der Waals surface area contributed by atoms with Gasteiger partial charge in [-0.3, -0.25) is 0 Å². The van der Waals surface area contributed by atoms with E-state index in [9.17, 15) is 0 Å². The minimum Gasteiger partial charge on any atom is -0.493 e. The summed E-state index contributed by atoms with van der Waals surface area (Å²) in [5.41, 5.74) is 8.74. The van der Waals surface area contributed by atoms with Crippen LogP contribution in [-0.4, -0.2) is 22.1 Å². The van der Waals surface area contributed by atoms with Crippen LogP contribution in [0.25, 0.3) is 22.3 Å². The molecule has 0 saturated carbocycles. The van der Waals surface area contributed by atoms with E-state index >= 15 is 0 Å². The summed E-state index contributed by atoms with van der Waals surface area (Å²) in [6.07, 6.45) is 3.16. The monoisotopic (exact) mass is 252 g/mol. The van der Waals surface area contributed by atoms with Crippen LogP contribution >= 0.6 is 0 Å². The van der Waals surface area contributed by atoms with Crippen molar-refractivity contribution in [3.63, 3.8) is 0 Å². The molecule has 0 bridgehead atoms. The van der Waals surface area contributed by atoms with Gasteiger partial charge >= 0.3 is 0 Å². The summed E-state index contributed by atoms with van der Waals surface area (Å²) in [5.74, 6) is 0.922. The van der Waals surface area contributed by atoms with E-state index < -0.39 is 0 Å². The molecule has 0 aliphatic heterocycles. The lowest BCUT2D eigenvalue weighted by Gasteiger charge is -2.08. The standard InChI is InChI=1S/C14H12N4O/c1-19-10-7-16-12(9-5-3-2-4-6-9)14-13(10)18-11(15)8-17-14/h2-8H,1H3,(H2,15,18). The Morgan fingerprint density at radius 3 is 2.53 bits per heavy atom. The van der Waals surface area contributed by atoms with E-state index in [1.54, 1.807) is 13.3 Å². The molecule has 5 nitrogen and oxygen atoms in total. The number of hydrogen-bond donors (Lipinski definition) is 1. The van der Waals surface area contributed by atoms with E-state index in [-0.39, 0.29) is 0 Å². The van der Waals surface area contributed by atoms with Crippen molar-refractivity contribution < 1.29 is 4.74 Å². The normalized spacial score (nSPS) is 10.6. The molecule has 0 aliphatic carbocycles. The number of nitrogens with two attached hydrogens (primary N) is 1. The largest absolute Gasteiger partial charge is 0.493 e.